The zero-order valence-corrected chi connectivity index (χ0v) is 8.83. The minimum absolute atomic E-state index is 0.0632. The summed E-state index contributed by atoms with van der Waals surface area (Å²) in [6.45, 7) is 5.99. The summed E-state index contributed by atoms with van der Waals surface area (Å²) < 4.78 is 5.33. The highest BCUT2D eigenvalue weighted by Gasteiger charge is 2.34. The molecule has 4 heteroatoms. The molecule has 0 bridgehead atoms. The van der Waals surface area contributed by atoms with Crippen LogP contribution in [0.4, 0.5) is 4.79 Å². The van der Waals surface area contributed by atoms with Gasteiger partial charge in [0.15, 0.2) is 0 Å². The van der Waals surface area contributed by atoms with E-state index in [2.05, 4.69) is 0 Å². The van der Waals surface area contributed by atoms with Gasteiger partial charge in [0.25, 0.3) is 0 Å². The Kier molecular flexibility index (Phi) is 2.81. The molecule has 1 aliphatic heterocycles. The topological polar surface area (TPSA) is 32.8 Å². The van der Waals surface area contributed by atoms with Crippen molar-refractivity contribution in [3.8, 4) is 0 Å². The van der Waals surface area contributed by atoms with Gasteiger partial charge in [-0.25, -0.2) is 4.79 Å². The lowest BCUT2D eigenvalue weighted by molar-refractivity contribution is -0.0327. The van der Waals surface area contributed by atoms with Crippen molar-refractivity contribution in [2.24, 2.45) is 0 Å². The molecule has 76 valence electrons. The molecule has 0 unspecified atom stereocenters. The van der Waals surface area contributed by atoms with Gasteiger partial charge in [0.2, 0.25) is 0 Å². The molecular formula is C9H18N2O2. The number of urea groups is 1. The van der Waals surface area contributed by atoms with Gasteiger partial charge in [-0.05, 0) is 13.8 Å². The summed E-state index contributed by atoms with van der Waals surface area (Å²) in [5.74, 6) is 0. The highest BCUT2D eigenvalue weighted by Crippen LogP contribution is 2.19. The number of carbonyl (C=O) groups excluding carboxylic acids is 1. The Morgan fingerprint density at radius 1 is 1.46 bits per heavy atom. The Morgan fingerprint density at radius 3 is 2.54 bits per heavy atom. The van der Waals surface area contributed by atoms with E-state index in [4.69, 9.17) is 4.74 Å². The summed E-state index contributed by atoms with van der Waals surface area (Å²) in [5.41, 5.74) is -0.181. The monoisotopic (exact) mass is 186 g/mol. The first-order valence-electron chi connectivity index (χ1n) is 4.52. The lowest BCUT2D eigenvalue weighted by Crippen LogP contribution is -2.58. The number of morpholine rings is 1. The molecule has 0 N–H and O–H groups in total. The van der Waals surface area contributed by atoms with Crippen LogP contribution in [-0.4, -0.2) is 55.2 Å². The van der Waals surface area contributed by atoms with E-state index in [-0.39, 0.29) is 11.6 Å². The molecular weight excluding hydrogens is 168 g/mol. The second-order valence-corrected chi connectivity index (χ2v) is 4.19. The Bertz CT molecular complexity index is 202. The van der Waals surface area contributed by atoms with E-state index in [1.165, 1.54) is 0 Å². The molecule has 0 spiro atoms. The molecule has 1 heterocycles. The highest BCUT2D eigenvalue weighted by molar-refractivity contribution is 5.74. The number of ether oxygens (including phenoxy) is 1. The van der Waals surface area contributed by atoms with Gasteiger partial charge in [0.1, 0.15) is 0 Å². The van der Waals surface area contributed by atoms with E-state index in [9.17, 15) is 4.79 Å². The zero-order chi connectivity index (χ0) is 10.1. The summed E-state index contributed by atoms with van der Waals surface area (Å²) in [7, 11) is 3.54. The maximum Gasteiger partial charge on any atom is 0.320 e. The third-order valence-electron chi connectivity index (χ3n) is 2.26. The van der Waals surface area contributed by atoms with Crippen molar-refractivity contribution in [3.05, 3.63) is 0 Å². The molecule has 0 aliphatic carbocycles. The Labute approximate surface area is 79.4 Å². The summed E-state index contributed by atoms with van der Waals surface area (Å²) in [6.07, 6.45) is 0. The van der Waals surface area contributed by atoms with E-state index < -0.39 is 0 Å². The van der Waals surface area contributed by atoms with Crippen molar-refractivity contribution >= 4 is 6.03 Å². The van der Waals surface area contributed by atoms with Gasteiger partial charge in [-0.15, -0.1) is 0 Å². The smallest absolute Gasteiger partial charge is 0.320 e. The first-order chi connectivity index (χ1) is 5.95. The maximum absolute atomic E-state index is 11.7. The molecule has 0 aromatic carbocycles. The first kappa shape index (κ1) is 10.3. The van der Waals surface area contributed by atoms with Gasteiger partial charge in [0, 0.05) is 20.6 Å². The van der Waals surface area contributed by atoms with Gasteiger partial charge in [0.05, 0.1) is 18.8 Å². The molecule has 1 saturated heterocycles. The lowest BCUT2D eigenvalue weighted by atomic mass is 10.0. The molecule has 0 aromatic heterocycles. The van der Waals surface area contributed by atoms with Crippen LogP contribution in [0, 0.1) is 0 Å². The van der Waals surface area contributed by atoms with Crippen LogP contribution in [0.5, 0.6) is 0 Å². The Morgan fingerprint density at radius 2 is 2.08 bits per heavy atom. The largest absolute Gasteiger partial charge is 0.377 e. The fourth-order valence-electron chi connectivity index (χ4n) is 1.45. The third-order valence-corrected chi connectivity index (χ3v) is 2.26. The number of hydrogen-bond donors (Lipinski definition) is 0. The van der Waals surface area contributed by atoms with Gasteiger partial charge in [-0.3, -0.25) is 0 Å². The number of rotatable bonds is 0. The molecule has 4 nitrogen and oxygen atoms in total. The molecule has 2 amide bonds. The average Bonchev–Trinajstić information content (AvgIpc) is 2.02. The van der Waals surface area contributed by atoms with Crippen molar-refractivity contribution in [1.82, 2.24) is 9.80 Å². The summed E-state index contributed by atoms with van der Waals surface area (Å²) in [5, 5.41) is 0. The second kappa shape index (κ2) is 3.54. The van der Waals surface area contributed by atoms with E-state index in [1.807, 2.05) is 18.7 Å². The van der Waals surface area contributed by atoms with Crippen LogP contribution in [0.15, 0.2) is 0 Å². The molecule has 13 heavy (non-hydrogen) atoms. The van der Waals surface area contributed by atoms with Crippen LogP contribution in [0.25, 0.3) is 0 Å². The predicted molar refractivity (Wildman–Crippen MR) is 50.7 cm³/mol. The Hall–Kier alpha value is -0.770. The van der Waals surface area contributed by atoms with E-state index >= 15 is 0 Å². The van der Waals surface area contributed by atoms with Crippen LogP contribution in [0.2, 0.25) is 0 Å². The molecule has 0 saturated carbocycles. The van der Waals surface area contributed by atoms with Crippen LogP contribution >= 0.6 is 0 Å². The van der Waals surface area contributed by atoms with Crippen LogP contribution in [0.1, 0.15) is 13.8 Å². The molecule has 0 atom stereocenters. The molecule has 0 radical (unpaired) electrons. The minimum atomic E-state index is -0.181. The summed E-state index contributed by atoms with van der Waals surface area (Å²) >= 11 is 0. The van der Waals surface area contributed by atoms with Crippen molar-refractivity contribution in [1.29, 1.82) is 0 Å². The standard InChI is InChI=1S/C9H18N2O2/c1-9(2)7-13-6-5-11(9)8(12)10(3)4/h5-7H2,1-4H3. The van der Waals surface area contributed by atoms with Gasteiger partial charge in [-0.1, -0.05) is 0 Å². The fraction of sp³-hybridized carbons (Fsp3) is 0.889. The van der Waals surface area contributed by atoms with Crippen molar-refractivity contribution < 1.29 is 9.53 Å². The first-order valence-corrected chi connectivity index (χ1v) is 4.52. The van der Waals surface area contributed by atoms with E-state index in [0.717, 1.165) is 0 Å². The van der Waals surface area contributed by atoms with Crippen molar-refractivity contribution in [2.45, 2.75) is 19.4 Å². The van der Waals surface area contributed by atoms with Crippen LogP contribution in [0.3, 0.4) is 0 Å². The van der Waals surface area contributed by atoms with Gasteiger partial charge >= 0.3 is 6.03 Å². The molecule has 0 aromatic rings. The number of hydrogen-bond acceptors (Lipinski definition) is 2. The van der Waals surface area contributed by atoms with Gasteiger partial charge < -0.3 is 14.5 Å². The SMILES string of the molecule is CN(C)C(=O)N1CCOCC1(C)C. The number of carbonyl (C=O) groups is 1. The van der Waals surface area contributed by atoms with E-state index in [0.29, 0.717) is 19.8 Å². The summed E-state index contributed by atoms with van der Waals surface area (Å²) in [4.78, 5) is 15.2. The lowest BCUT2D eigenvalue weighted by Gasteiger charge is -2.43. The molecule has 1 fully saturated rings. The number of amides is 2. The quantitative estimate of drug-likeness (QED) is 0.560. The highest BCUT2D eigenvalue weighted by atomic mass is 16.5. The van der Waals surface area contributed by atoms with Crippen molar-refractivity contribution in [2.75, 3.05) is 33.9 Å². The summed E-state index contributed by atoms with van der Waals surface area (Å²) in [6, 6.07) is 0.0632. The van der Waals surface area contributed by atoms with E-state index in [1.54, 1.807) is 19.0 Å². The van der Waals surface area contributed by atoms with Gasteiger partial charge in [-0.2, -0.15) is 0 Å². The minimum Gasteiger partial charge on any atom is -0.377 e. The Balaban J connectivity index is 2.71. The average molecular weight is 186 g/mol. The third kappa shape index (κ3) is 2.12. The fourth-order valence-corrected chi connectivity index (χ4v) is 1.45. The van der Waals surface area contributed by atoms with Crippen LogP contribution < -0.4 is 0 Å². The van der Waals surface area contributed by atoms with Crippen LogP contribution in [-0.2, 0) is 4.74 Å². The molecule has 1 aliphatic rings. The second-order valence-electron chi connectivity index (χ2n) is 4.19. The number of nitrogens with zero attached hydrogens (tertiary/aromatic N) is 2. The predicted octanol–water partition coefficient (Wildman–Crippen LogP) is 0.779. The molecule has 1 rings (SSSR count). The normalized spacial score (nSPS) is 21.4. The van der Waals surface area contributed by atoms with Crippen molar-refractivity contribution in [3.63, 3.8) is 0 Å². The maximum atomic E-state index is 11.7. The zero-order valence-electron chi connectivity index (χ0n) is 8.83.